The van der Waals surface area contributed by atoms with Crippen LogP contribution in [0.1, 0.15) is 17.4 Å². The van der Waals surface area contributed by atoms with E-state index in [2.05, 4.69) is 20.7 Å². The maximum atomic E-state index is 13.3. The largest absolute Gasteiger partial charge is 0.467 e. The van der Waals surface area contributed by atoms with Gasteiger partial charge in [-0.2, -0.15) is 13.2 Å². The minimum Gasteiger partial charge on any atom is -0.467 e. The number of hydrogen-bond acceptors (Lipinski definition) is 5. The molecule has 0 saturated carbocycles. The number of carbonyl (C=O) groups is 2. The second kappa shape index (κ2) is 9.85. The number of rotatable bonds is 6. The molecule has 0 aliphatic heterocycles. The molecule has 3 rings (SSSR count). The average Bonchev–Trinajstić information content (AvgIpc) is 3.18. The van der Waals surface area contributed by atoms with Crippen molar-refractivity contribution in [3.63, 3.8) is 0 Å². The van der Waals surface area contributed by atoms with Crippen LogP contribution < -0.4 is 15.4 Å². The molecular weight excluding hydrogens is 522 g/mol. The number of alkyl halides is 4. The Balaban J connectivity index is 2.03. The number of allylic oxidation sites excluding steroid dienone is 2. The molecule has 0 aromatic carbocycles. The quantitative estimate of drug-likeness (QED) is 0.546. The molecular formula is C20H17Cl3F3N5O3. The van der Waals surface area contributed by atoms with Crippen molar-refractivity contribution in [1.29, 1.82) is 0 Å². The first-order chi connectivity index (χ1) is 15.9. The van der Waals surface area contributed by atoms with Crippen molar-refractivity contribution < 1.29 is 27.5 Å². The molecule has 2 N–H and O–H groups in total. The van der Waals surface area contributed by atoms with Crippen LogP contribution in [0.25, 0.3) is 5.82 Å². The van der Waals surface area contributed by atoms with Gasteiger partial charge in [0, 0.05) is 29.9 Å². The van der Waals surface area contributed by atoms with E-state index in [0.29, 0.717) is 0 Å². The van der Waals surface area contributed by atoms with Crippen LogP contribution in [0.5, 0.6) is 5.88 Å². The maximum absolute atomic E-state index is 13.3. The first-order valence-corrected chi connectivity index (χ1v) is 10.7. The van der Waals surface area contributed by atoms with Crippen LogP contribution in [0.4, 0.5) is 13.2 Å². The summed E-state index contributed by atoms with van der Waals surface area (Å²) in [6, 6.07) is 3.97. The molecule has 2 unspecified atom stereocenters. The van der Waals surface area contributed by atoms with Crippen molar-refractivity contribution in [2.24, 2.45) is 0 Å². The zero-order valence-electron chi connectivity index (χ0n) is 17.6. The Morgan fingerprint density at radius 2 is 2.00 bits per heavy atom. The lowest BCUT2D eigenvalue weighted by molar-refractivity contribution is -0.154. The summed E-state index contributed by atoms with van der Waals surface area (Å²) in [6.07, 6.45) is -0.489. The minimum atomic E-state index is -4.63. The Hall–Kier alpha value is -2.76. The number of amides is 2. The fourth-order valence-corrected chi connectivity index (χ4v) is 3.91. The fraction of sp³-hybridized carbons (Fsp3) is 0.300. The van der Waals surface area contributed by atoms with Gasteiger partial charge >= 0.3 is 6.18 Å². The lowest BCUT2D eigenvalue weighted by atomic mass is 9.83. The summed E-state index contributed by atoms with van der Waals surface area (Å²) in [6.45, 7) is -0.131. The van der Waals surface area contributed by atoms with Crippen LogP contribution >= 0.6 is 34.8 Å². The van der Waals surface area contributed by atoms with E-state index in [4.69, 9.17) is 39.5 Å². The van der Waals surface area contributed by atoms with Crippen molar-refractivity contribution in [2.45, 2.75) is 24.0 Å². The normalized spacial score (nSPS) is 20.3. The zero-order chi connectivity index (χ0) is 25.3. The van der Waals surface area contributed by atoms with Gasteiger partial charge in [-0.1, -0.05) is 23.2 Å². The van der Waals surface area contributed by atoms with Crippen LogP contribution in [0, 0.1) is 0 Å². The summed E-state index contributed by atoms with van der Waals surface area (Å²) >= 11 is 18.6. The summed E-state index contributed by atoms with van der Waals surface area (Å²) in [5.41, 5.74) is -1.65. The second-order valence-electron chi connectivity index (χ2n) is 7.24. The summed E-state index contributed by atoms with van der Waals surface area (Å²) in [7, 11) is 1.39. The van der Waals surface area contributed by atoms with Crippen LogP contribution in [0.3, 0.4) is 0 Å². The maximum Gasteiger partial charge on any atom is 0.422 e. The predicted octanol–water partition coefficient (Wildman–Crippen LogP) is 3.77. The summed E-state index contributed by atoms with van der Waals surface area (Å²) in [5.74, 6) is -1.91. The van der Waals surface area contributed by atoms with E-state index in [9.17, 15) is 22.8 Å². The first kappa shape index (κ1) is 25.9. The average molecular weight is 539 g/mol. The van der Waals surface area contributed by atoms with Crippen LogP contribution in [-0.4, -0.2) is 57.3 Å². The summed E-state index contributed by atoms with van der Waals surface area (Å²) in [5, 5.41) is 8.33. The number of ether oxygens (including phenoxy) is 1. The number of likely N-dealkylation sites (N-methyl/N-ethyl adjacent to an activating group) is 1. The highest BCUT2D eigenvalue weighted by Crippen LogP contribution is 2.34. The topological polar surface area (TPSA) is 98.1 Å². The van der Waals surface area contributed by atoms with Crippen molar-refractivity contribution in [3.8, 4) is 11.7 Å². The van der Waals surface area contributed by atoms with E-state index in [0.717, 1.165) is 10.7 Å². The SMILES string of the molecule is CNC(=O)C1=CC(Cl)=CC(Cl)C1(C)NC(=O)c1cc(OCC(F)(F)F)nn1-c1ncccc1Cl. The lowest BCUT2D eigenvalue weighted by Crippen LogP contribution is -2.57. The minimum absolute atomic E-state index is 0.0302. The monoisotopic (exact) mass is 537 g/mol. The fourth-order valence-electron chi connectivity index (χ4n) is 3.11. The van der Waals surface area contributed by atoms with Crippen LogP contribution in [-0.2, 0) is 4.79 Å². The van der Waals surface area contributed by atoms with Gasteiger partial charge in [-0.25, -0.2) is 9.67 Å². The molecule has 2 aromatic heterocycles. The van der Waals surface area contributed by atoms with E-state index in [-0.39, 0.29) is 27.1 Å². The van der Waals surface area contributed by atoms with E-state index in [1.807, 2.05) is 0 Å². The third-order valence-electron chi connectivity index (χ3n) is 4.79. The lowest BCUT2D eigenvalue weighted by Gasteiger charge is -2.37. The summed E-state index contributed by atoms with van der Waals surface area (Å²) < 4.78 is 43.5. The molecule has 2 atom stereocenters. The molecule has 0 saturated heterocycles. The van der Waals surface area contributed by atoms with Gasteiger partial charge in [0.25, 0.3) is 5.91 Å². The van der Waals surface area contributed by atoms with Gasteiger partial charge in [0.2, 0.25) is 11.8 Å². The van der Waals surface area contributed by atoms with Gasteiger partial charge < -0.3 is 15.4 Å². The zero-order valence-corrected chi connectivity index (χ0v) is 19.9. The molecule has 0 radical (unpaired) electrons. The van der Waals surface area contributed by atoms with Gasteiger partial charge in [0.05, 0.1) is 15.9 Å². The Kier molecular flexibility index (Phi) is 7.49. The number of nitrogens with zero attached hydrogens (tertiary/aromatic N) is 3. The molecule has 2 aromatic rings. The highest BCUT2D eigenvalue weighted by Gasteiger charge is 2.43. The van der Waals surface area contributed by atoms with Gasteiger partial charge in [-0.3, -0.25) is 9.59 Å². The molecule has 34 heavy (non-hydrogen) atoms. The molecule has 8 nitrogen and oxygen atoms in total. The van der Waals surface area contributed by atoms with Crippen molar-refractivity contribution in [1.82, 2.24) is 25.4 Å². The van der Waals surface area contributed by atoms with Gasteiger partial charge in [0.15, 0.2) is 12.4 Å². The molecule has 1 aliphatic carbocycles. The van der Waals surface area contributed by atoms with Gasteiger partial charge in [-0.15, -0.1) is 16.7 Å². The Bertz CT molecular complexity index is 1180. The Labute approximate surface area is 206 Å². The highest BCUT2D eigenvalue weighted by molar-refractivity contribution is 6.34. The van der Waals surface area contributed by atoms with Crippen molar-refractivity contribution in [2.75, 3.05) is 13.7 Å². The highest BCUT2D eigenvalue weighted by atomic mass is 35.5. The number of aromatic nitrogens is 3. The molecule has 2 amide bonds. The Morgan fingerprint density at radius 3 is 2.62 bits per heavy atom. The van der Waals surface area contributed by atoms with Crippen molar-refractivity contribution >= 4 is 46.6 Å². The number of nitrogens with one attached hydrogen (secondary N) is 2. The molecule has 0 bridgehead atoms. The van der Waals surface area contributed by atoms with Crippen molar-refractivity contribution in [3.05, 3.63) is 57.9 Å². The number of halogens is 6. The van der Waals surface area contributed by atoms with E-state index >= 15 is 0 Å². The molecule has 1 aliphatic rings. The number of pyridine rings is 1. The van der Waals surface area contributed by atoms with E-state index in [1.165, 1.54) is 44.5 Å². The van der Waals surface area contributed by atoms with E-state index in [1.54, 1.807) is 0 Å². The number of carbonyl (C=O) groups excluding carboxylic acids is 2. The van der Waals surface area contributed by atoms with Crippen LogP contribution in [0.15, 0.2) is 47.2 Å². The van der Waals surface area contributed by atoms with Gasteiger partial charge in [-0.05, 0) is 31.2 Å². The Morgan fingerprint density at radius 1 is 1.29 bits per heavy atom. The molecule has 2 heterocycles. The molecule has 0 fully saturated rings. The third-order valence-corrected chi connectivity index (χ3v) is 5.88. The standard InChI is InChI=1S/C20H17Cl3F3N5O3/c1-19(11(17(32)27-2)6-10(21)7-14(19)23)29-18(33)13-8-15(34-9-20(24,25)26)30-31(13)16-12(22)4-3-5-28-16/h3-8,14H,9H2,1-2H3,(H,27,32)(H,29,33). The van der Waals surface area contributed by atoms with E-state index < -0.39 is 41.4 Å². The number of hydrogen-bond donors (Lipinski definition) is 2. The second-order valence-corrected chi connectivity index (χ2v) is 8.55. The van der Waals surface area contributed by atoms with Gasteiger partial charge in [0.1, 0.15) is 5.69 Å². The summed E-state index contributed by atoms with van der Waals surface area (Å²) in [4.78, 5) is 29.8. The molecule has 0 spiro atoms. The molecule has 182 valence electrons. The van der Waals surface area contributed by atoms with Crippen LogP contribution in [0.2, 0.25) is 5.02 Å². The third kappa shape index (κ3) is 5.48. The smallest absolute Gasteiger partial charge is 0.422 e. The molecule has 14 heteroatoms. The predicted molar refractivity (Wildman–Crippen MR) is 120 cm³/mol. The first-order valence-electron chi connectivity index (χ1n) is 9.54.